The van der Waals surface area contributed by atoms with Gasteiger partial charge in [0.15, 0.2) is 5.16 Å². The molecule has 0 fully saturated rings. The number of methoxy groups -OCH3 is 1. The van der Waals surface area contributed by atoms with Gasteiger partial charge < -0.3 is 10.1 Å². The maximum Gasteiger partial charge on any atom is 0.230 e. The molecule has 1 aromatic carbocycles. The molecule has 0 aliphatic carbocycles. The van der Waals surface area contributed by atoms with Crippen molar-refractivity contribution < 1.29 is 9.53 Å². The van der Waals surface area contributed by atoms with E-state index in [2.05, 4.69) is 29.4 Å². The summed E-state index contributed by atoms with van der Waals surface area (Å²) in [6.07, 6.45) is 2.13. The van der Waals surface area contributed by atoms with E-state index in [-0.39, 0.29) is 5.91 Å². The summed E-state index contributed by atoms with van der Waals surface area (Å²) >= 11 is 1.39. The summed E-state index contributed by atoms with van der Waals surface area (Å²) in [6, 6.07) is 7.69. The molecule has 0 radical (unpaired) electrons. The molecule has 25 heavy (non-hydrogen) atoms. The average molecular weight is 362 g/mol. The summed E-state index contributed by atoms with van der Waals surface area (Å²) < 4.78 is 7.13. The molecule has 2 aromatic rings. The third-order valence-corrected chi connectivity index (χ3v) is 4.67. The number of hydrogen-bond acceptors (Lipinski definition) is 5. The summed E-state index contributed by atoms with van der Waals surface area (Å²) in [6.45, 7) is 6.99. The van der Waals surface area contributed by atoms with Crippen molar-refractivity contribution in [1.82, 2.24) is 20.1 Å². The average Bonchev–Trinajstić information content (AvgIpc) is 2.97. The zero-order valence-corrected chi connectivity index (χ0v) is 16.1. The van der Waals surface area contributed by atoms with Crippen LogP contribution in [0.2, 0.25) is 0 Å². The lowest BCUT2D eigenvalue weighted by molar-refractivity contribution is -0.118. The number of thioether (sulfide) groups is 1. The largest absolute Gasteiger partial charge is 0.497 e. The van der Waals surface area contributed by atoms with Gasteiger partial charge in [-0.2, -0.15) is 0 Å². The van der Waals surface area contributed by atoms with Crippen LogP contribution >= 0.6 is 11.8 Å². The second-order valence-corrected chi connectivity index (χ2v) is 7.18. The zero-order chi connectivity index (χ0) is 18.2. The number of ether oxygens (including phenoxy) is 1. The van der Waals surface area contributed by atoms with Gasteiger partial charge in [-0.1, -0.05) is 25.6 Å². The molecule has 0 bridgehead atoms. The fraction of sp³-hybridized carbons (Fsp3) is 0.500. The van der Waals surface area contributed by atoms with Crippen LogP contribution in [0.4, 0.5) is 0 Å². The van der Waals surface area contributed by atoms with Gasteiger partial charge in [0.05, 0.1) is 12.9 Å². The van der Waals surface area contributed by atoms with Crippen molar-refractivity contribution in [1.29, 1.82) is 0 Å². The molecule has 0 saturated heterocycles. The minimum absolute atomic E-state index is 0.0238. The lowest BCUT2D eigenvalue weighted by Crippen LogP contribution is -2.26. The molecular weight excluding hydrogens is 336 g/mol. The van der Waals surface area contributed by atoms with Crippen molar-refractivity contribution in [2.75, 3.05) is 19.4 Å². The number of amides is 1. The molecule has 7 heteroatoms. The monoisotopic (exact) mass is 362 g/mol. The van der Waals surface area contributed by atoms with Gasteiger partial charge in [0.25, 0.3) is 0 Å². The third-order valence-electron chi connectivity index (χ3n) is 3.74. The summed E-state index contributed by atoms with van der Waals surface area (Å²) in [5, 5.41) is 12.0. The first-order valence-electron chi connectivity index (χ1n) is 8.47. The molecule has 0 aliphatic heterocycles. The van der Waals surface area contributed by atoms with Crippen LogP contribution in [0.1, 0.15) is 32.5 Å². The highest BCUT2D eigenvalue weighted by atomic mass is 32.2. The Morgan fingerprint density at radius 3 is 2.64 bits per heavy atom. The lowest BCUT2D eigenvalue weighted by Gasteiger charge is -2.09. The Morgan fingerprint density at radius 1 is 1.28 bits per heavy atom. The Morgan fingerprint density at radius 2 is 2.00 bits per heavy atom. The van der Waals surface area contributed by atoms with E-state index >= 15 is 0 Å². The summed E-state index contributed by atoms with van der Waals surface area (Å²) in [7, 11) is 1.64. The predicted octanol–water partition coefficient (Wildman–Crippen LogP) is 3.23. The highest BCUT2D eigenvalue weighted by molar-refractivity contribution is 7.99. The van der Waals surface area contributed by atoms with Crippen molar-refractivity contribution in [3.63, 3.8) is 0 Å². The van der Waals surface area contributed by atoms with Crippen molar-refractivity contribution in [3.8, 4) is 11.4 Å². The summed E-state index contributed by atoms with van der Waals surface area (Å²) in [4.78, 5) is 12.0. The molecule has 0 aliphatic rings. The van der Waals surface area contributed by atoms with E-state index in [9.17, 15) is 4.79 Å². The smallest absolute Gasteiger partial charge is 0.230 e. The van der Waals surface area contributed by atoms with Crippen LogP contribution in [0.25, 0.3) is 5.69 Å². The molecule has 1 N–H and O–H groups in total. The molecule has 2 rings (SSSR count). The minimum Gasteiger partial charge on any atom is -0.497 e. The summed E-state index contributed by atoms with van der Waals surface area (Å²) in [5.74, 6) is 2.60. The summed E-state index contributed by atoms with van der Waals surface area (Å²) in [5.41, 5.74) is 0.947. The molecule has 136 valence electrons. The Labute approximate surface area is 153 Å². The van der Waals surface area contributed by atoms with E-state index in [1.54, 1.807) is 7.11 Å². The van der Waals surface area contributed by atoms with Crippen LogP contribution < -0.4 is 10.1 Å². The number of carbonyl (C=O) groups is 1. The molecule has 6 nitrogen and oxygen atoms in total. The fourth-order valence-corrected chi connectivity index (χ4v) is 3.21. The molecule has 0 saturated carbocycles. The number of nitrogens with one attached hydrogen (secondary N) is 1. The first kappa shape index (κ1) is 19.3. The SMILES string of the molecule is COc1ccc(-n2c(C)nnc2SCC(=O)NCCCC(C)C)cc1. The zero-order valence-electron chi connectivity index (χ0n) is 15.3. The molecule has 1 heterocycles. The third kappa shape index (κ3) is 5.77. The van der Waals surface area contributed by atoms with Crippen LogP contribution in [0.3, 0.4) is 0 Å². The molecule has 0 spiro atoms. The number of aryl methyl sites for hydroxylation is 1. The van der Waals surface area contributed by atoms with Gasteiger partial charge in [0.2, 0.25) is 5.91 Å². The maximum absolute atomic E-state index is 12.0. The van der Waals surface area contributed by atoms with Gasteiger partial charge in [0.1, 0.15) is 11.6 Å². The standard InChI is InChI=1S/C18H26N4O2S/c1-13(2)6-5-11-19-17(23)12-25-18-21-20-14(3)22(18)15-7-9-16(24-4)10-8-15/h7-10,13H,5-6,11-12H2,1-4H3,(H,19,23). The Hall–Kier alpha value is -2.02. The minimum atomic E-state index is 0.0238. The number of benzene rings is 1. The molecule has 1 aromatic heterocycles. The van der Waals surface area contributed by atoms with E-state index in [1.807, 2.05) is 35.8 Å². The normalized spacial score (nSPS) is 10.9. The van der Waals surface area contributed by atoms with Crippen molar-refractivity contribution in [2.24, 2.45) is 5.92 Å². The van der Waals surface area contributed by atoms with Gasteiger partial charge in [-0.05, 0) is 49.9 Å². The Bertz CT molecular complexity index is 683. The Balaban J connectivity index is 1.93. The van der Waals surface area contributed by atoms with Gasteiger partial charge in [-0.3, -0.25) is 9.36 Å². The highest BCUT2D eigenvalue weighted by Crippen LogP contribution is 2.23. The van der Waals surface area contributed by atoms with E-state index in [0.29, 0.717) is 16.8 Å². The number of carbonyl (C=O) groups excluding carboxylic acids is 1. The van der Waals surface area contributed by atoms with Crippen LogP contribution in [0.5, 0.6) is 5.75 Å². The van der Waals surface area contributed by atoms with Gasteiger partial charge in [-0.15, -0.1) is 10.2 Å². The topological polar surface area (TPSA) is 69.0 Å². The first-order valence-corrected chi connectivity index (χ1v) is 9.45. The quantitative estimate of drug-likeness (QED) is 0.548. The van der Waals surface area contributed by atoms with Crippen molar-refractivity contribution >= 4 is 17.7 Å². The highest BCUT2D eigenvalue weighted by Gasteiger charge is 2.13. The van der Waals surface area contributed by atoms with Crippen LogP contribution in [0, 0.1) is 12.8 Å². The van der Waals surface area contributed by atoms with E-state index in [0.717, 1.165) is 36.6 Å². The number of hydrogen-bond donors (Lipinski definition) is 1. The van der Waals surface area contributed by atoms with E-state index in [1.165, 1.54) is 11.8 Å². The van der Waals surface area contributed by atoms with Crippen molar-refractivity contribution in [3.05, 3.63) is 30.1 Å². The number of rotatable bonds is 9. The Kier molecular flexibility index (Phi) is 7.31. The predicted molar refractivity (Wildman–Crippen MR) is 100 cm³/mol. The molecular formula is C18H26N4O2S. The molecule has 0 unspecified atom stereocenters. The second kappa shape index (κ2) is 9.46. The van der Waals surface area contributed by atoms with Crippen molar-refractivity contribution in [2.45, 2.75) is 38.8 Å². The molecule has 1 amide bonds. The fourth-order valence-electron chi connectivity index (χ4n) is 2.38. The molecule has 0 atom stereocenters. The second-order valence-electron chi connectivity index (χ2n) is 6.24. The maximum atomic E-state index is 12.0. The van der Waals surface area contributed by atoms with Gasteiger partial charge in [0, 0.05) is 12.2 Å². The number of aromatic nitrogens is 3. The number of nitrogens with zero attached hydrogens (tertiary/aromatic N) is 3. The van der Waals surface area contributed by atoms with E-state index in [4.69, 9.17) is 4.74 Å². The van der Waals surface area contributed by atoms with Gasteiger partial charge in [-0.25, -0.2) is 0 Å². The van der Waals surface area contributed by atoms with Crippen LogP contribution in [0.15, 0.2) is 29.4 Å². The lowest BCUT2D eigenvalue weighted by atomic mass is 10.1. The van der Waals surface area contributed by atoms with Crippen LogP contribution in [-0.2, 0) is 4.79 Å². The van der Waals surface area contributed by atoms with E-state index < -0.39 is 0 Å². The van der Waals surface area contributed by atoms with Crippen LogP contribution in [-0.4, -0.2) is 40.1 Å². The van der Waals surface area contributed by atoms with Gasteiger partial charge >= 0.3 is 0 Å². The first-order chi connectivity index (χ1) is 12.0.